The molecule has 3 rings (SSSR count). The minimum Gasteiger partial charge on any atom is -0.316 e. The van der Waals surface area contributed by atoms with Crippen LogP contribution in [0.3, 0.4) is 0 Å². The number of hydrogen-bond acceptors (Lipinski definition) is 3. The molecule has 0 saturated carbocycles. The average Bonchev–Trinajstić information content (AvgIpc) is 2.53. The van der Waals surface area contributed by atoms with Crippen LogP contribution in [0.4, 0.5) is 0 Å². The molecule has 2 saturated heterocycles. The first kappa shape index (κ1) is 15.5. The van der Waals surface area contributed by atoms with Gasteiger partial charge in [0, 0.05) is 43.7 Å². The number of piperazine rings is 1. The van der Waals surface area contributed by atoms with Crippen LogP contribution < -0.4 is 5.32 Å². The smallest absolute Gasteiger partial charge is 0.0234 e. The summed E-state index contributed by atoms with van der Waals surface area (Å²) in [4.78, 5) is 5.24. The van der Waals surface area contributed by atoms with Gasteiger partial charge in [0.2, 0.25) is 0 Å². The molecular formula is C17H26BrN3. The van der Waals surface area contributed by atoms with Crippen molar-refractivity contribution in [2.45, 2.75) is 19.4 Å². The Morgan fingerprint density at radius 1 is 1.05 bits per heavy atom. The fraction of sp³-hybridized carbons (Fsp3) is 0.647. The molecule has 0 aliphatic carbocycles. The van der Waals surface area contributed by atoms with Crippen LogP contribution in [0.2, 0.25) is 0 Å². The Bertz CT molecular complexity index is 420. The van der Waals surface area contributed by atoms with E-state index in [-0.39, 0.29) is 0 Å². The van der Waals surface area contributed by atoms with Crippen LogP contribution in [-0.4, -0.2) is 55.6 Å². The third kappa shape index (κ3) is 4.78. The Labute approximate surface area is 136 Å². The lowest BCUT2D eigenvalue weighted by Gasteiger charge is -2.37. The van der Waals surface area contributed by atoms with E-state index >= 15 is 0 Å². The van der Waals surface area contributed by atoms with Crippen LogP contribution in [0, 0.1) is 5.92 Å². The molecule has 1 atom stereocenters. The summed E-state index contributed by atoms with van der Waals surface area (Å²) in [6.07, 6.45) is 2.76. The predicted molar refractivity (Wildman–Crippen MR) is 91.5 cm³/mol. The van der Waals surface area contributed by atoms with Crippen molar-refractivity contribution in [3.05, 3.63) is 34.3 Å². The third-order valence-corrected chi connectivity index (χ3v) is 5.23. The molecule has 1 N–H and O–H groups in total. The standard InChI is InChI=1S/C17H26BrN3/c18-17-5-3-15(4-6-17)13-20-8-10-21(11-9-20)14-16-2-1-7-19-12-16/h3-6,16,19H,1-2,7-14H2. The van der Waals surface area contributed by atoms with E-state index < -0.39 is 0 Å². The third-order valence-electron chi connectivity index (χ3n) is 4.70. The Balaban J connectivity index is 1.41. The summed E-state index contributed by atoms with van der Waals surface area (Å²) in [5, 5.41) is 3.53. The van der Waals surface area contributed by atoms with Gasteiger partial charge in [0.05, 0.1) is 0 Å². The maximum absolute atomic E-state index is 3.53. The van der Waals surface area contributed by atoms with E-state index in [2.05, 4.69) is 55.3 Å². The molecule has 2 aliphatic heterocycles. The van der Waals surface area contributed by atoms with Crippen LogP contribution in [0.5, 0.6) is 0 Å². The van der Waals surface area contributed by atoms with E-state index in [4.69, 9.17) is 0 Å². The van der Waals surface area contributed by atoms with E-state index in [1.165, 1.54) is 64.2 Å². The molecule has 1 unspecified atom stereocenters. The molecule has 116 valence electrons. The quantitative estimate of drug-likeness (QED) is 0.899. The van der Waals surface area contributed by atoms with Crippen LogP contribution in [-0.2, 0) is 6.54 Å². The Morgan fingerprint density at radius 3 is 2.43 bits per heavy atom. The SMILES string of the molecule is Brc1ccc(CN2CCN(CC3CCCNC3)CC2)cc1. The zero-order valence-corrected chi connectivity index (χ0v) is 14.3. The van der Waals surface area contributed by atoms with E-state index in [1.807, 2.05) is 0 Å². The lowest BCUT2D eigenvalue weighted by molar-refractivity contribution is 0.108. The molecule has 2 fully saturated rings. The van der Waals surface area contributed by atoms with E-state index in [0.717, 1.165) is 16.9 Å². The summed E-state index contributed by atoms with van der Waals surface area (Å²) in [7, 11) is 0. The minimum atomic E-state index is 0.872. The number of nitrogens with one attached hydrogen (secondary N) is 1. The van der Waals surface area contributed by atoms with Gasteiger partial charge in [0.15, 0.2) is 0 Å². The van der Waals surface area contributed by atoms with Gasteiger partial charge in [-0.05, 0) is 49.5 Å². The minimum absolute atomic E-state index is 0.872. The first-order chi connectivity index (χ1) is 10.3. The molecule has 3 nitrogen and oxygen atoms in total. The van der Waals surface area contributed by atoms with Crippen molar-refractivity contribution < 1.29 is 0 Å². The second-order valence-corrected chi connectivity index (χ2v) is 7.33. The molecule has 0 aromatic heterocycles. The van der Waals surface area contributed by atoms with Crippen molar-refractivity contribution in [1.82, 2.24) is 15.1 Å². The highest BCUT2D eigenvalue weighted by Crippen LogP contribution is 2.16. The van der Waals surface area contributed by atoms with Crippen molar-refractivity contribution in [3.63, 3.8) is 0 Å². The van der Waals surface area contributed by atoms with E-state index in [0.29, 0.717) is 0 Å². The second kappa shape index (κ2) is 7.73. The fourth-order valence-corrected chi connectivity index (χ4v) is 3.69. The number of nitrogens with zero attached hydrogens (tertiary/aromatic N) is 2. The normalized spacial score (nSPS) is 25.1. The van der Waals surface area contributed by atoms with Gasteiger partial charge in [0.1, 0.15) is 0 Å². The van der Waals surface area contributed by atoms with Crippen LogP contribution >= 0.6 is 15.9 Å². The maximum atomic E-state index is 3.53. The molecule has 0 bridgehead atoms. The van der Waals surface area contributed by atoms with Crippen molar-refractivity contribution >= 4 is 15.9 Å². The second-order valence-electron chi connectivity index (χ2n) is 6.42. The molecule has 4 heteroatoms. The summed E-state index contributed by atoms with van der Waals surface area (Å²) in [6, 6.07) is 8.73. The van der Waals surface area contributed by atoms with Crippen LogP contribution in [0.25, 0.3) is 0 Å². The zero-order chi connectivity index (χ0) is 14.5. The number of rotatable bonds is 4. The first-order valence-electron chi connectivity index (χ1n) is 8.19. The van der Waals surface area contributed by atoms with Gasteiger partial charge in [0.25, 0.3) is 0 Å². The van der Waals surface area contributed by atoms with Gasteiger partial charge in [-0.2, -0.15) is 0 Å². The molecule has 2 heterocycles. The lowest BCUT2D eigenvalue weighted by atomic mass is 9.99. The fourth-order valence-electron chi connectivity index (χ4n) is 3.42. The van der Waals surface area contributed by atoms with Gasteiger partial charge in [-0.1, -0.05) is 28.1 Å². The summed E-state index contributed by atoms with van der Waals surface area (Å²) in [6.45, 7) is 9.69. The zero-order valence-electron chi connectivity index (χ0n) is 12.7. The number of hydrogen-bond donors (Lipinski definition) is 1. The maximum Gasteiger partial charge on any atom is 0.0234 e. The average molecular weight is 352 g/mol. The van der Waals surface area contributed by atoms with E-state index in [1.54, 1.807) is 0 Å². The number of piperidine rings is 1. The molecule has 0 radical (unpaired) electrons. The summed E-state index contributed by atoms with van der Waals surface area (Å²) < 4.78 is 1.16. The monoisotopic (exact) mass is 351 g/mol. The van der Waals surface area contributed by atoms with Crippen LogP contribution in [0.1, 0.15) is 18.4 Å². The van der Waals surface area contributed by atoms with Gasteiger partial charge in [-0.25, -0.2) is 0 Å². The van der Waals surface area contributed by atoms with Crippen molar-refractivity contribution in [2.75, 3.05) is 45.8 Å². The number of halogens is 1. The van der Waals surface area contributed by atoms with Crippen molar-refractivity contribution in [1.29, 1.82) is 0 Å². The molecule has 1 aromatic carbocycles. The summed E-state index contributed by atoms with van der Waals surface area (Å²) >= 11 is 3.50. The number of benzene rings is 1. The van der Waals surface area contributed by atoms with Gasteiger partial charge in [-0.15, -0.1) is 0 Å². The Hall–Kier alpha value is -0.420. The molecule has 2 aliphatic rings. The molecule has 1 aromatic rings. The van der Waals surface area contributed by atoms with Crippen molar-refractivity contribution in [3.8, 4) is 0 Å². The summed E-state index contributed by atoms with van der Waals surface area (Å²) in [5.74, 6) is 0.872. The molecule has 0 spiro atoms. The Morgan fingerprint density at radius 2 is 1.76 bits per heavy atom. The topological polar surface area (TPSA) is 18.5 Å². The lowest BCUT2D eigenvalue weighted by Crippen LogP contribution is -2.48. The predicted octanol–water partition coefficient (Wildman–Crippen LogP) is 2.57. The molecular weight excluding hydrogens is 326 g/mol. The highest BCUT2D eigenvalue weighted by molar-refractivity contribution is 9.10. The molecule has 0 amide bonds. The van der Waals surface area contributed by atoms with Gasteiger partial charge >= 0.3 is 0 Å². The highest BCUT2D eigenvalue weighted by atomic mass is 79.9. The largest absolute Gasteiger partial charge is 0.316 e. The summed E-state index contributed by atoms with van der Waals surface area (Å²) in [5.41, 5.74) is 1.42. The van der Waals surface area contributed by atoms with E-state index in [9.17, 15) is 0 Å². The molecule has 21 heavy (non-hydrogen) atoms. The Kier molecular flexibility index (Phi) is 5.69. The van der Waals surface area contributed by atoms with Crippen molar-refractivity contribution in [2.24, 2.45) is 5.92 Å². The van der Waals surface area contributed by atoms with Gasteiger partial charge in [-0.3, -0.25) is 4.90 Å². The first-order valence-corrected chi connectivity index (χ1v) is 8.99. The van der Waals surface area contributed by atoms with Crippen LogP contribution in [0.15, 0.2) is 28.7 Å². The highest BCUT2D eigenvalue weighted by Gasteiger charge is 2.21. The van der Waals surface area contributed by atoms with Gasteiger partial charge < -0.3 is 10.2 Å².